The van der Waals surface area contributed by atoms with Crippen LogP contribution in [0.2, 0.25) is 0 Å². The van der Waals surface area contributed by atoms with Gasteiger partial charge in [-0.3, -0.25) is 14.9 Å². The molecule has 6 N–H and O–H groups in total. The first-order chi connectivity index (χ1) is 30.8. The summed E-state index contributed by atoms with van der Waals surface area (Å²) in [6.45, 7) is 21.9. The second-order valence-electron chi connectivity index (χ2n) is 19.5. The highest BCUT2D eigenvalue weighted by atomic mass is 32.1. The van der Waals surface area contributed by atoms with Crippen molar-refractivity contribution in [2.24, 2.45) is 10.1 Å². The van der Waals surface area contributed by atoms with Gasteiger partial charge in [0.25, 0.3) is 5.91 Å². The van der Waals surface area contributed by atoms with E-state index in [2.05, 4.69) is 51.9 Å². The molecule has 0 radical (unpaired) electrons. The summed E-state index contributed by atoms with van der Waals surface area (Å²) in [5, 5.41) is 37.2. The number of aliphatic imine (C=N–C) groups is 1. The molecule has 2 aromatic rings. The van der Waals surface area contributed by atoms with Crippen molar-refractivity contribution < 1.29 is 62.5 Å². The maximum absolute atomic E-state index is 13.9. The maximum atomic E-state index is 13.9. The summed E-state index contributed by atoms with van der Waals surface area (Å²) in [6.07, 6.45) is -1.39. The minimum atomic E-state index is -1.63. The second kappa shape index (κ2) is 20.9. The lowest BCUT2D eigenvalue weighted by Crippen LogP contribution is -2.70. The molecule has 3 heterocycles. The molecule has 1 unspecified atom stereocenters. The Labute approximate surface area is 391 Å². The molecule has 370 valence electrons. The molecule has 1 saturated heterocycles. The number of carboxylic acids is 1. The zero-order valence-electron chi connectivity index (χ0n) is 40.0. The van der Waals surface area contributed by atoms with E-state index in [0.717, 1.165) is 16.2 Å². The van der Waals surface area contributed by atoms with Crippen molar-refractivity contribution in [3.8, 4) is 0 Å². The van der Waals surface area contributed by atoms with Gasteiger partial charge < -0.3 is 50.2 Å². The quantitative estimate of drug-likeness (QED) is 0.0364. The van der Waals surface area contributed by atoms with Gasteiger partial charge in [-0.2, -0.15) is 15.0 Å². The van der Waals surface area contributed by atoms with Gasteiger partial charge >= 0.3 is 30.3 Å². The normalized spacial score (nSPS) is 17.7. The number of hydrogen-bond donors (Lipinski definition) is 6. The summed E-state index contributed by atoms with van der Waals surface area (Å²) in [7, 11) is 0. The molecule has 1 saturated carbocycles. The van der Waals surface area contributed by atoms with Gasteiger partial charge in [0.1, 0.15) is 39.8 Å². The number of rotatable bonds is 15. The number of oxime groups is 1. The predicted octanol–water partition coefficient (Wildman–Crippen LogP) is 4.20. The number of carboxylic acid groups (broad SMARTS) is 1. The summed E-state index contributed by atoms with van der Waals surface area (Å²) in [5.74, 6) is -3.04. The molecule has 26 heteroatoms. The van der Waals surface area contributed by atoms with Gasteiger partial charge in [0.15, 0.2) is 10.8 Å². The number of ether oxygens (including phenoxy) is 4. The van der Waals surface area contributed by atoms with Crippen LogP contribution < -0.4 is 26.6 Å². The fraction of sp³-hybridized carbons (Fsp3) is 0.659. The van der Waals surface area contributed by atoms with E-state index in [4.69, 9.17) is 23.8 Å². The van der Waals surface area contributed by atoms with E-state index in [1.807, 2.05) is 0 Å². The highest BCUT2D eigenvalue weighted by molar-refractivity contribution is 7.14. The summed E-state index contributed by atoms with van der Waals surface area (Å²) >= 11 is 0.932. The molecule has 0 bridgehead atoms. The lowest BCUT2D eigenvalue weighted by atomic mass is 9.98. The van der Waals surface area contributed by atoms with Crippen LogP contribution in [0.4, 0.5) is 24.3 Å². The van der Waals surface area contributed by atoms with Gasteiger partial charge in [0.05, 0.1) is 24.8 Å². The molecule has 2 aromatic heterocycles. The van der Waals surface area contributed by atoms with Crippen molar-refractivity contribution in [3.05, 3.63) is 23.0 Å². The van der Waals surface area contributed by atoms with Crippen LogP contribution >= 0.6 is 11.3 Å². The van der Waals surface area contributed by atoms with Crippen LogP contribution in [0.5, 0.6) is 0 Å². The van der Waals surface area contributed by atoms with Gasteiger partial charge in [0.2, 0.25) is 17.5 Å². The molecule has 25 nitrogen and oxygen atoms in total. The van der Waals surface area contributed by atoms with Crippen LogP contribution in [-0.4, -0.2) is 137 Å². The number of carbonyl (C=O) groups excluding carboxylic acids is 6. The number of guanidine groups is 1. The Morgan fingerprint density at radius 2 is 1.51 bits per heavy atom. The molecule has 6 amide bonds. The highest BCUT2D eigenvalue weighted by Crippen LogP contribution is 2.40. The van der Waals surface area contributed by atoms with Crippen LogP contribution in [0, 0.1) is 0 Å². The zero-order valence-corrected chi connectivity index (χ0v) is 40.8. The van der Waals surface area contributed by atoms with E-state index in [9.17, 15) is 38.7 Å². The Morgan fingerprint density at radius 3 is 2.07 bits per heavy atom. The first-order valence-corrected chi connectivity index (χ1v) is 22.2. The maximum Gasteiger partial charge on any atom is 0.437 e. The predicted molar refractivity (Wildman–Crippen MR) is 240 cm³/mol. The van der Waals surface area contributed by atoms with Crippen LogP contribution in [-0.2, 0) is 44.7 Å². The number of hydrogen-bond acceptors (Lipinski definition) is 17. The number of anilines is 1. The average molecular weight is 963 g/mol. The van der Waals surface area contributed by atoms with Gasteiger partial charge in [-0.05, 0) is 96.4 Å². The summed E-state index contributed by atoms with van der Waals surface area (Å²) < 4.78 is 21.7. The Hall–Kier alpha value is -6.60. The topological polar surface area (TPSA) is 318 Å². The van der Waals surface area contributed by atoms with E-state index < -0.39 is 94.0 Å². The van der Waals surface area contributed by atoms with Crippen LogP contribution in [0.15, 0.2) is 21.7 Å². The number of amides is 6. The first kappa shape index (κ1) is 53.0. The lowest BCUT2D eigenvalue weighted by molar-refractivity contribution is -0.153. The van der Waals surface area contributed by atoms with Gasteiger partial charge in [-0.15, -0.1) is 16.3 Å². The van der Waals surface area contributed by atoms with Crippen molar-refractivity contribution >= 4 is 70.3 Å². The number of β-lactam (4-membered cyclic amide) rings is 1. The number of aromatic nitrogens is 4. The third kappa shape index (κ3) is 16.7. The van der Waals surface area contributed by atoms with Gasteiger partial charge in [0, 0.05) is 31.3 Å². The molecule has 0 aromatic carbocycles. The minimum absolute atomic E-state index is 0.0371. The van der Waals surface area contributed by atoms with E-state index >= 15 is 0 Å². The van der Waals surface area contributed by atoms with Crippen molar-refractivity contribution in [1.82, 2.24) is 46.1 Å². The molecule has 3 atom stereocenters. The third-order valence-electron chi connectivity index (χ3n) is 8.72. The number of aliphatic carboxylic acids is 1. The molecule has 2 aliphatic rings. The SMILES string of the molecule is CC(c1cnn(C[C@H]2NC(=O)[C@H]2NC(=O)/C(=N\OC2(C(=O)O)CC2)c2csc(NC(=O)OC(C)(C)C)n2)n1)N(C(=O)OC(C)(C)C)/C(=N/C(=O)OC(C)(C)C)NCCCNC(=O)OC(C)(C)C. The lowest BCUT2D eigenvalue weighted by Gasteiger charge is -2.36. The Morgan fingerprint density at radius 1 is 0.910 bits per heavy atom. The molecular weight excluding hydrogens is 901 g/mol. The largest absolute Gasteiger partial charge is 0.478 e. The van der Waals surface area contributed by atoms with Crippen LogP contribution in [0.1, 0.15) is 127 Å². The number of alkyl carbamates (subject to hydrolysis) is 1. The smallest absolute Gasteiger partial charge is 0.437 e. The standard InChI is InChI=1S/C41H62N12O13S/c1-22(53(36(61)65-40(11,12)13)31(48-34(59)63-38(5,6)7)42-17-14-18-43-33(58)62-37(2,3)4)23-19-44-52(50-23)20-24-26(28(54)45-24)47-29(55)27(51-66-41(15-16-41)30(56)57)25-21-67-32(46-25)49-35(60)64-39(8,9)10/h19,21-22,24,26H,14-18,20H2,1-13H3,(H,43,58)(H,45,54)(H,47,55)(H,56,57)(H,42,48,59)(H,46,49,60)/b51-27-/t22?,24-,26+/m1/s1. The first-order valence-electron chi connectivity index (χ1n) is 21.3. The third-order valence-corrected chi connectivity index (χ3v) is 9.48. The van der Waals surface area contributed by atoms with E-state index in [0.29, 0.717) is 6.42 Å². The van der Waals surface area contributed by atoms with Crippen molar-refractivity contribution in [1.29, 1.82) is 0 Å². The van der Waals surface area contributed by atoms with Crippen molar-refractivity contribution in [3.63, 3.8) is 0 Å². The van der Waals surface area contributed by atoms with Crippen LogP contribution in [0.25, 0.3) is 0 Å². The molecule has 0 spiro atoms. The van der Waals surface area contributed by atoms with E-state index in [1.54, 1.807) is 90.0 Å². The molecule has 4 rings (SSSR count). The van der Waals surface area contributed by atoms with Crippen molar-refractivity contribution in [2.75, 3.05) is 18.4 Å². The Kier molecular flexibility index (Phi) is 16.6. The molecular formula is C41H62N12O13S. The zero-order chi connectivity index (χ0) is 50.3. The number of thiazole rings is 1. The second-order valence-corrected chi connectivity index (χ2v) is 20.4. The Bertz CT molecular complexity index is 2230. The monoisotopic (exact) mass is 962 g/mol. The van der Waals surface area contributed by atoms with Crippen LogP contribution in [0.3, 0.4) is 0 Å². The number of nitrogens with one attached hydrogen (secondary N) is 5. The molecule has 1 aliphatic carbocycles. The fourth-order valence-electron chi connectivity index (χ4n) is 5.58. The summed E-state index contributed by atoms with van der Waals surface area (Å²) in [6, 6.07) is -2.96. The highest BCUT2D eigenvalue weighted by Gasteiger charge is 2.55. The van der Waals surface area contributed by atoms with Gasteiger partial charge in [-0.1, -0.05) is 5.16 Å². The fourth-order valence-corrected chi connectivity index (χ4v) is 6.26. The minimum Gasteiger partial charge on any atom is -0.478 e. The molecule has 1 aliphatic heterocycles. The Balaban J connectivity index is 1.55. The number of carbonyl (C=O) groups is 7. The van der Waals surface area contributed by atoms with Crippen molar-refractivity contribution in [2.45, 2.75) is 162 Å². The van der Waals surface area contributed by atoms with Gasteiger partial charge in [-0.25, -0.2) is 33.9 Å². The van der Waals surface area contributed by atoms with E-state index in [1.165, 1.54) is 16.4 Å². The molecule has 2 fully saturated rings. The molecule has 67 heavy (non-hydrogen) atoms. The average Bonchev–Trinajstić information content (AvgIpc) is 3.57. The summed E-state index contributed by atoms with van der Waals surface area (Å²) in [5.41, 5.74) is -5.43. The summed E-state index contributed by atoms with van der Waals surface area (Å²) in [4.78, 5) is 106. The van der Waals surface area contributed by atoms with E-state index in [-0.39, 0.29) is 55.0 Å². The number of nitrogens with zero attached hydrogens (tertiary/aromatic N) is 7.